The van der Waals surface area contributed by atoms with Crippen LogP contribution in [0.15, 0.2) is 18.2 Å². The first-order valence-corrected chi connectivity index (χ1v) is 5.04. The summed E-state index contributed by atoms with van der Waals surface area (Å²) in [6.45, 7) is -2.94. The molecular formula is C9H7Cl2F2NO2. The van der Waals surface area contributed by atoms with Crippen LogP contribution in [0.4, 0.5) is 14.5 Å². The molecule has 16 heavy (non-hydrogen) atoms. The summed E-state index contributed by atoms with van der Waals surface area (Å²) in [5, 5.41) is 2.39. The Balaban J connectivity index is 2.78. The molecule has 0 aliphatic rings. The fourth-order valence-electron chi connectivity index (χ4n) is 0.965. The molecule has 7 heteroatoms. The van der Waals surface area contributed by atoms with Gasteiger partial charge in [0.25, 0.3) is 0 Å². The Hall–Kier alpha value is -1.07. The van der Waals surface area contributed by atoms with Gasteiger partial charge >= 0.3 is 6.61 Å². The number of hydrogen-bond acceptors (Lipinski definition) is 2. The lowest BCUT2D eigenvalue weighted by Crippen LogP contribution is -2.12. The molecule has 3 nitrogen and oxygen atoms in total. The van der Waals surface area contributed by atoms with E-state index in [9.17, 15) is 13.6 Å². The van der Waals surface area contributed by atoms with Crippen molar-refractivity contribution < 1.29 is 18.3 Å². The highest BCUT2D eigenvalue weighted by molar-refractivity contribution is 6.32. The van der Waals surface area contributed by atoms with Crippen LogP contribution in [-0.4, -0.2) is 18.4 Å². The molecule has 1 aromatic carbocycles. The quantitative estimate of drug-likeness (QED) is 0.853. The van der Waals surface area contributed by atoms with Gasteiger partial charge in [-0.1, -0.05) is 11.6 Å². The average Bonchev–Trinajstić information content (AvgIpc) is 2.21. The highest BCUT2D eigenvalue weighted by Crippen LogP contribution is 2.28. The molecule has 0 saturated carbocycles. The number of carbonyl (C=O) groups excluding carboxylic acids is 1. The van der Waals surface area contributed by atoms with E-state index in [0.29, 0.717) is 5.69 Å². The molecule has 0 aromatic heterocycles. The summed E-state index contributed by atoms with van der Waals surface area (Å²) in [5.74, 6) is -0.770. The van der Waals surface area contributed by atoms with Crippen LogP contribution in [0.25, 0.3) is 0 Å². The third-order valence-electron chi connectivity index (χ3n) is 1.55. The molecule has 1 amide bonds. The Morgan fingerprint density at radius 2 is 2.19 bits per heavy atom. The smallest absolute Gasteiger partial charge is 0.387 e. The predicted octanol–water partition coefficient (Wildman–Crippen LogP) is 3.12. The summed E-state index contributed by atoms with van der Waals surface area (Å²) in [7, 11) is 0. The van der Waals surface area contributed by atoms with Crippen LogP contribution in [0.5, 0.6) is 5.75 Å². The monoisotopic (exact) mass is 269 g/mol. The number of halogens is 4. The molecule has 0 aliphatic heterocycles. The fraction of sp³-hybridized carbons (Fsp3) is 0.222. The van der Waals surface area contributed by atoms with Gasteiger partial charge in [-0.3, -0.25) is 4.79 Å². The molecular weight excluding hydrogens is 263 g/mol. The Morgan fingerprint density at radius 1 is 1.50 bits per heavy atom. The second-order valence-corrected chi connectivity index (χ2v) is 3.38. The molecule has 0 radical (unpaired) electrons. The van der Waals surface area contributed by atoms with Crippen molar-refractivity contribution in [1.29, 1.82) is 0 Å². The minimum absolute atomic E-state index is 0.0207. The van der Waals surface area contributed by atoms with Gasteiger partial charge in [0.15, 0.2) is 0 Å². The number of benzene rings is 1. The predicted molar refractivity (Wildman–Crippen MR) is 57.4 cm³/mol. The van der Waals surface area contributed by atoms with Crippen molar-refractivity contribution in [2.75, 3.05) is 11.2 Å². The third-order valence-corrected chi connectivity index (χ3v) is 2.09. The minimum Gasteiger partial charge on any atom is -0.433 e. The van der Waals surface area contributed by atoms with Crippen LogP contribution in [0.3, 0.4) is 0 Å². The number of rotatable bonds is 4. The lowest BCUT2D eigenvalue weighted by Gasteiger charge is -2.08. The minimum atomic E-state index is -2.94. The van der Waals surface area contributed by atoms with E-state index < -0.39 is 12.5 Å². The Bertz CT molecular complexity index is 388. The van der Waals surface area contributed by atoms with E-state index in [0.717, 1.165) is 0 Å². The lowest BCUT2D eigenvalue weighted by molar-refractivity contribution is -0.113. The number of hydrogen-bond donors (Lipinski definition) is 1. The third kappa shape index (κ3) is 3.83. The van der Waals surface area contributed by atoms with E-state index in [4.69, 9.17) is 23.2 Å². The van der Waals surface area contributed by atoms with Gasteiger partial charge in [-0.25, -0.2) is 0 Å². The molecule has 0 saturated heterocycles. The number of anilines is 1. The molecule has 0 heterocycles. The van der Waals surface area contributed by atoms with Gasteiger partial charge in [0.1, 0.15) is 11.6 Å². The zero-order valence-corrected chi connectivity index (χ0v) is 9.36. The Kier molecular flexibility index (Phi) is 4.76. The van der Waals surface area contributed by atoms with Crippen molar-refractivity contribution in [3.8, 4) is 5.75 Å². The van der Waals surface area contributed by atoms with Gasteiger partial charge in [-0.15, -0.1) is 11.6 Å². The van der Waals surface area contributed by atoms with Gasteiger partial charge in [-0.2, -0.15) is 8.78 Å². The first kappa shape index (κ1) is 13.0. The maximum atomic E-state index is 11.9. The van der Waals surface area contributed by atoms with Crippen LogP contribution in [-0.2, 0) is 4.79 Å². The zero-order valence-electron chi connectivity index (χ0n) is 7.84. The molecule has 0 aliphatic carbocycles. The summed E-state index contributed by atoms with van der Waals surface area (Å²) >= 11 is 10.9. The molecule has 1 aromatic rings. The Morgan fingerprint density at radius 3 is 2.69 bits per heavy atom. The lowest BCUT2D eigenvalue weighted by atomic mass is 10.3. The summed E-state index contributed by atoms with van der Waals surface area (Å²) < 4.78 is 27.9. The van der Waals surface area contributed by atoms with E-state index in [1.54, 1.807) is 0 Å². The van der Waals surface area contributed by atoms with Crippen LogP contribution in [0, 0.1) is 0 Å². The van der Waals surface area contributed by atoms with Gasteiger partial charge in [-0.05, 0) is 18.2 Å². The number of carbonyl (C=O) groups is 1. The van der Waals surface area contributed by atoms with E-state index in [1.165, 1.54) is 18.2 Å². The molecule has 0 fully saturated rings. The summed E-state index contributed by atoms with van der Waals surface area (Å²) in [6, 6.07) is 3.91. The largest absolute Gasteiger partial charge is 0.433 e. The van der Waals surface area contributed by atoms with Gasteiger partial charge < -0.3 is 10.1 Å². The maximum Gasteiger partial charge on any atom is 0.387 e. The number of amides is 1. The average molecular weight is 270 g/mol. The summed E-state index contributed by atoms with van der Waals surface area (Å²) in [6.07, 6.45) is 0. The van der Waals surface area contributed by atoms with Crippen LogP contribution >= 0.6 is 23.2 Å². The molecule has 0 bridgehead atoms. The van der Waals surface area contributed by atoms with E-state index in [1.807, 2.05) is 0 Å². The van der Waals surface area contributed by atoms with E-state index in [-0.39, 0.29) is 16.7 Å². The van der Waals surface area contributed by atoms with Crippen molar-refractivity contribution >= 4 is 34.8 Å². The SMILES string of the molecule is O=C(CCl)Nc1ccc(OC(F)F)c(Cl)c1. The normalized spacial score (nSPS) is 10.3. The van der Waals surface area contributed by atoms with Crippen LogP contribution in [0.2, 0.25) is 5.02 Å². The van der Waals surface area contributed by atoms with Crippen LogP contribution < -0.4 is 10.1 Å². The van der Waals surface area contributed by atoms with E-state index in [2.05, 4.69) is 10.1 Å². The molecule has 0 spiro atoms. The van der Waals surface area contributed by atoms with Crippen molar-refractivity contribution in [1.82, 2.24) is 0 Å². The highest BCUT2D eigenvalue weighted by atomic mass is 35.5. The second-order valence-electron chi connectivity index (χ2n) is 2.71. The molecule has 88 valence electrons. The first-order chi connectivity index (χ1) is 7.52. The van der Waals surface area contributed by atoms with Crippen molar-refractivity contribution in [2.45, 2.75) is 6.61 Å². The van der Waals surface area contributed by atoms with Crippen molar-refractivity contribution in [2.24, 2.45) is 0 Å². The number of alkyl halides is 3. The van der Waals surface area contributed by atoms with Gasteiger partial charge in [0.05, 0.1) is 5.02 Å². The van der Waals surface area contributed by atoms with Crippen molar-refractivity contribution in [3.05, 3.63) is 23.2 Å². The fourth-order valence-corrected chi connectivity index (χ4v) is 1.26. The van der Waals surface area contributed by atoms with Crippen molar-refractivity contribution in [3.63, 3.8) is 0 Å². The van der Waals surface area contributed by atoms with E-state index >= 15 is 0 Å². The second kappa shape index (κ2) is 5.86. The highest BCUT2D eigenvalue weighted by Gasteiger charge is 2.09. The first-order valence-electron chi connectivity index (χ1n) is 4.13. The number of nitrogens with one attached hydrogen (secondary N) is 1. The van der Waals surface area contributed by atoms with Gasteiger partial charge in [0, 0.05) is 5.69 Å². The standard InChI is InChI=1S/C9H7Cl2F2NO2/c10-4-8(15)14-5-1-2-7(6(11)3-5)16-9(12)13/h1-3,9H,4H2,(H,14,15). The molecule has 1 N–H and O–H groups in total. The van der Waals surface area contributed by atoms with Gasteiger partial charge in [0.2, 0.25) is 5.91 Å². The summed E-state index contributed by atoms with van der Waals surface area (Å²) in [5.41, 5.74) is 0.359. The Labute approximate surface area is 100 Å². The molecule has 0 atom stereocenters. The summed E-state index contributed by atoms with van der Waals surface area (Å²) in [4.78, 5) is 10.9. The number of ether oxygens (including phenoxy) is 1. The maximum absolute atomic E-state index is 11.9. The molecule has 1 rings (SSSR count). The molecule has 0 unspecified atom stereocenters. The topological polar surface area (TPSA) is 38.3 Å². The van der Waals surface area contributed by atoms with Crippen LogP contribution in [0.1, 0.15) is 0 Å². The zero-order chi connectivity index (χ0) is 12.1.